The highest BCUT2D eigenvalue weighted by Crippen LogP contribution is 2.12. The number of rotatable bonds is 9. The minimum atomic E-state index is -3.92. The average molecular weight is 389 g/mol. The van der Waals surface area contributed by atoms with Crippen molar-refractivity contribution < 1.29 is 32.6 Å². The number of benzene rings is 1. The summed E-state index contributed by atoms with van der Waals surface area (Å²) in [5, 5.41) is 8.94. The molecule has 0 aliphatic rings. The van der Waals surface area contributed by atoms with Crippen molar-refractivity contribution >= 4 is 38.8 Å². The lowest BCUT2D eigenvalue weighted by atomic mass is 10.2. The molecule has 10 heteroatoms. The topological polar surface area (TPSA) is 127 Å². The highest BCUT2D eigenvalue weighted by molar-refractivity contribution is 8.13. The van der Waals surface area contributed by atoms with Crippen LogP contribution in [0.4, 0.5) is 0 Å². The van der Waals surface area contributed by atoms with Gasteiger partial charge in [-0.1, -0.05) is 36.9 Å². The summed E-state index contributed by atoms with van der Waals surface area (Å²) in [5.74, 6) is -2.85. The van der Waals surface area contributed by atoms with Gasteiger partial charge in [0.15, 0.2) is 5.12 Å². The lowest BCUT2D eigenvalue weighted by Crippen LogP contribution is -2.40. The number of carboxylic acids is 1. The molecule has 1 rings (SSSR count). The number of hydrogen-bond donors (Lipinski definition) is 2. The van der Waals surface area contributed by atoms with Gasteiger partial charge in [0.05, 0.1) is 17.4 Å². The third-order valence-electron chi connectivity index (χ3n) is 2.99. The van der Waals surface area contributed by atoms with Gasteiger partial charge in [0.1, 0.15) is 0 Å². The number of carboxylic acid groups (broad SMARTS) is 1. The van der Waals surface area contributed by atoms with Crippen LogP contribution in [0.1, 0.15) is 13.8 Å². The van der Waals surface area contributed by atoms with E-state index in [9.17, 15) is 22.8 Å². The Bertz CT molecular complexity index is 719. The molecule has 0 spiro atoms. The van der Waals surface area contributed by atoms with Gasteiger partial charge in [-0.05, 0) is 12.1 Å². The molecule has 8 nitrogen and oxygen atoms in total. The SMILES string of the molecule is CC(=O)SC[C@@H](C)C(=O)OC(CNS(=O)(=O)c1ccccc1)C(=O)O. The fraction of sp³-hybridized carbons (Fsp3) is 0.400. The van der Waals surface area contributed by atoms with E-state index < -0.39 is 40.5 Å². The molecule has 1 unspecified atom stereocenters. The van der Waals surface area contributed by atoms with Crippen molar-refractivity contribution in [3.63, 3.8) is 0 Å². The van der Waals surface area contributed by atoms with Gasteiger partial charge >= 0.3 is 11.9 Å². The maximum Gasteiger partial charge on any atom is 0.346 e. The highest BCUT2D eigenvalue weighted by Gasteiger charge is 2.27. The largest absolute Gasteiger partial charge is 0.478 e. The fourth-order valence-electron chi connectivity index (χ4n) is 1.61. The van der Waals surface area contributed by atoms with Gasteiger partial charge in [0.25, 0.3) is 0 Å². The van der Waals surface area contributed by atoms with Gasteiger partial charge in [0.2, 0.25) is 16.1 Å². The normalized spacial score (nSPS) is 13.7. The minimum Gasteiger partial charge on any atom is -0.478 e. The molecule has 0 amide bonds. The van der Waals surface area contributed by atoms with Crippen LogP contribution in [-0.2, 0) is 29.1 Å². The molecule has 0 heterocycles. The summed E-state index contributed by atoms with van der Waals surface area (Å²) in [6, 6.07) is 7.40. The molecule has 0 fully saturated rings. The molecular formula is C15H19NO7S2. The first kappa shape index (κ1) is 21.1. The molecule has 2 N–H and O–H groups in total. The molecule has 0 radical (unpaired) electrons. The molecule has 0 bridgehead atoms. The molecule has 25 heavy (non-hydrogen) atoms. The Labute approximate surface area is 150 Å². The van der Waals surface area contributed by atoms with Crippen molar-refractivity contribution in [1.29, 1.82) is 0 Å². The Hall–Kier alpha value is -1.91. The molecule has 0 aromatic heterocycles. The summed E-state index contributed by atoms with van der Waals surface area (Å²) in [6.07, 6.45) is -1.67. The van der Waals surface area contributed by atoms with Crippen molar-refractivity contribution in [1.82, 2.24) is 4.72 Å². The zero-order valence-corrected chi connectivity index (χ0v) is 15.3. The van der Waals surface area contributed by atoms with Crippen LogP contribution < -0.4 is 4.72 Å². The Morgan fingerprint density at radius 2 is 1.84 bits per heavy atom. The van der Waals surface area contributed by atoms with Crippen LogP contribution in [0.3, 0.4) is 0 Å². The van der Waals surface area contributed by atoms with E-state index in [1.54, 1.807) is 6.07 Å². The lowest BCUT2D eigenvalue weighted by molar-refractivity contribution is -0.165. The van der Waals surface area contributed by atoms with Gasteiger partial charge in [-0.15, -0.1) is 0 Å². The standard InChI is InChI=1S/C15H19NO7S2/c1-10(9-24-11(2)17)15(20)23-13(14(18)19)8-16-25(21,22)12-6-4-3-5-7-12/h3-7,10,13,16H,8-9H2,1-2H3,(H,18,19)/t10-,13?/m1/s1. The number of hydrogen-bond acceptors (Lipinski definition) is 7. The Morgan fingerprint density at radius 1 is 1.24 bits per heavy atom. The number of carbonyl (C=O) groups is 3. The monoisotopic (exact) mass is 389 g/mol. The highest BCUT2D eigenvalue weighted by atomic mass is 32.2. The van der Waals surface area contributed by atoms with Crippen LogP contribution in [0, 0.1) is 5.92 Å². The van der Waals surface area contributed by atoms with Crippen molar-refractivity contribution in [3.8, 4) is 0 Å². The Balaban J connectivity index is 2.67. The van der Waals surface area contributed by atoms with E-state index in [0.717, 1.165) is 11.8 Å². The summed E-state index contributed by atoms with van der Waals surface area (Å²) < 4.78 is 31.1. The number of carbonyl (C=O) groups excluding carboxylic acids is 2. The average Bonchev–Trinajstić information content (AvgIpc) is 2.56. The van der Waals surface area contributed by atoms with Crippen LogP contribution in [0.2, 0.25) is 0 Å². The number of nitrogens with one attached hydrogen (secondary N) is 1. The molecule has 0 aliphatic carbocycles. The van der Waals surface area contributed by atoms with Crippen molar-refractivity contribution in [2.24, 2.45) is 5.92 Å². The van der Waals surface area contributed by atoms with Crippen molar-refractivity contribution in [2.45, 2.75) is 24.8 Å². The summed E-state index contributed by atoms with van der Waals surface area (Å²) in [5.41, 5.74) is 0. The molecule has 2 atom stereocenters. The van der Waals surface area contributed by atoms with E-state index in [2.05, 4.69) is 4.72 Å². The first-order valence-electron chi connectivity index (χ1n) is 7.25. The second-order valence-electron chi connectivity index (χ2n) is 5.13. The number of thioether (sulfide) groups is 1. The van der Waals surface area contributed by atoms with Gasteiger partial charge in [0, 0.05) is 12.7 Å². The van der Waals surface area contributed by atoms with Gasteiger partial charge in [-0.2, -0.15) is 0 Å². The van der Waals surface area contributed by atoms with Crippen LogP contribution in [-0.4, -0.2) is 49.0 Å². The number of aliphatic carboxylic acids is 1. The van der Waals surface area contributed by atoms with E-state index in [-0.39, 0.29) is 15.8 Å². The van der Waals surface area contributed by atoms with Crippen LogP contribution in [0.5, 0.6) is 0 Å². The molecule has 0 saturated heterocycles. The Kier molecular flexibility index (Phi) is 8.07. The number of ether oxygens (including phenoxy) is 1. The first-order chi connectivity index (χ1) is 11.6. The lowest BCUT2D eigenvalue weighted by Gasteiger charge is -2.17. The zero-order chi connectivity index (χ0) is 19.0. The predicted molar refractivity (Wildman–Crippen MR) is 91.4 cm³/mol. The molecule has 1 aromatic rings. The van der Waals surface area contributed by atoms with Crippen molar-refractivity contribution in [3.05, 3.63) is 30.3 Å². The maximum atomic E-state index is 12.1. The minimum absolute atomic E-state index is 0.0308. The van der Waals surface area contributed by atoms with E-state index in [1.807, 2.05) is 0 Å². The first-order valence-corrected chi connectivity index (χ1v) is 9.71. The van der Waals surface area contributed by atoms with Gasteiger partial charge in [-0.3, -0.25) is 9.59 Å². The fourth-order valence-corrected chi connectivity index (χ4v) is 3.29. The van der Waals surface area contributed by atoms with Crippen LogP contribution >= 0.6 is 11.8 Å². The Morgan fingerprint density at radius 3 is 2.36 bits per heavy atom. The summed E-state index contributed by atoms with van der Waals surface area (Å²) in [6.45, 7) is 2.23. The van der Waals surface area contributed by atoms with E-state index in [0.29, 0.717) is 0 Å². The van der Waals surface area contributed by atoms with Gasteiger partial charge < -0.3 is 9.84 Å². The van der Waals surface area contributed by atoms with Crippen LogP contribution in [0.15, 0.2) is 35.2 Å². The zero-order valence-electron chi connectivity index (χ0n) is 13.7. The number of sulfonamides is 1. The quantitative estimate of drug-likeness (QED) is 0.596. The van der Waals surface area contributed by atoms with Crippen molar-refractivity contribution in [2.75, 3.05) is 12.3 Å². The van der Waals surface area contributed by atoms with E-state index in [4.69, 9.17) is 9.84 Å². The molecule has 138 valence electrons. The van der Waals surface area contributed by atoms with Crippen LogP contribution in [0.25, 0.3) is 0 Å². The summed E-state index contributed by atoms with van der Waals surface area (Å²) in [7, 11) is -3.92. The van der Waals surface area contributed by atoms with E-state index in [1.165, 1.54) is 38.1 Å². The molecule has 0 aliphatic heterocycles. The summed E-state index contributed by atoms with van der Waals surface area (Å²) >= 11 is 0.919. The smallest absolute Gasteiger partial charge is 0.346 e. The third-order valence-corrected chi connectivity index (χ3v) is 5.50. The molecular weight excluding hydrogens is 370 g/mol. The van der Waals surface area contributed by atoms with Gasteiger partial charge in [-0.25, -0.2) is 17.9 Å². The molecule has 1 aromatic carbocycles. The second-order valence-corrected chi connectivity index (χ2v) is 8.10. The second kappa shape index (κ2) is 9.54. The molecule has 0 saturated carbocycles. The predicted octanol–water partition coefficient (Wildman–Crippen LogP) is 0.877. The van der Waals surface area contributed by atoms with E-state index >= 15 is 0 Å². The maximum absolute atomic E-state index is 12.1. The summed E-state index contributed by atoms with van der Waals surface area (Å²) in [4.78, 5) is 33.9. The third kappa shape index (κ3) is 7.24. The number of esters is 1.